The smallest absolute Gasteiger partial charge is 0.338 e. The average molecular weight is 342 g/mol. The molecule has 0 radical (unpaired) electrons. The molecule has 23 heavy (non-hydrogen) atoms. The molecule has 0 saturated heterocycles. The molecule has 0 aliphatic carbocycles. The van der Waals surface area contributed by atoms with E-state index in [9.17, 15) is 14.4 Å². The van der Waals surface area contributed by atoms with E-state index in [1.54, 1.807) is 12.1 Å². The van der Waals surface area contributed by atoms with Crippen LogP contribution in [0.5, 0.6) is 0 Å². The van der Waals surface area contributed by atoms with E-state index in [1.807, 2.05) is 13.8 Å². The summed E-state index contributed by atoms with van der Waals surface area (Å²) in [4.78, 5) is 35.3. The summed E-state index contributed by atoms with van der Waals surface area (Å²) in [6, 6.07) is 5.43. The Morgan fingerprint density at radius 1 is 1.26 bits per heavy atom. The summed E-state index contributed by atoms with van der Waals surface area (Å²) in [5.74, 6) is -1.58. The summed E-state index contributed by atoms with van der Waals surface area (Å²) in [5, 5.41) is 2.90. The zero-order chi connectivity index (χ0) is 17.4. The summed E-state index contributed by atoms with van der Waals surface area (Å²) >= 11 is 5.78. The Morgan fingerprint density at radius 3 is 2.52 bits per heavy atom. The van der Waals surface area contributed by atoms with Crippen molar-refractivity contribution in [1.29, 1.82) is 0 Å². The second-order valence-corrected chi connectivity index (χ2v) is 5.80. The van der Waals surface area contributed by atoms with Crippen molar-refractivity contribution in [2.75, 3.05) is 13.7 Å². The van der Waals surface area contributed by atoms with Crippen LogP contribution in [0.2, 0.25) is 5.02 Å². The Balaban J connectivity index is 2.54. The second kappa shape index (κ2) is 9.15. The molecule has 0 saturated carbocycles. The van der Waals surface area contributed by atoms with Gasteiger partial charge in [0.1, 0.15) is 6.04 Å². The van der Waals surface area contributed by atoms with Gasteiger partial charge in [-0.2, -0.15) is 0 Å². The highest BCUT2D eigenvalue weighted by Crippen LogP contribution is 2.11. The first-order chi connectivity index (χ1) is 10.8. The monoisotopic (exact) mass is 341 g/mol. The highest BCUT2D eigenvalue weighted by Gasteiger charge is 2.23. The minimum absolute atomic E-state index is 0.188. The lowest BCUT2D eigenvalue weighted by Gasteiger charge is -2.18. The van der Waals surface area contributed by atoms with E-state index in [1.165, 1.54) is 19.2 Å². The minimum Gasteiger partial charge on any atom is -0.467 e. The Hall–Kier alpha value is -2.08. The van der Waals surface area contributed by atoms with Crippen molar-refractivity contribution < 1.29 is 23.9 Å². The van der Waals surface area contributed by atoms with E-state index in [4.69, 9.17) is 16.3 Å². The summed E-state index contributed by atoms with van der Waals surface area (Å²) in [6.45, 7) is 3.35. The van der Waals surface area contributed by atoms with Crippen molar-refractivity contribution in [2.45, 2.75) is 26.3 Å². The van der Waals surface area contributed by atoms with E-state index in [0.29, 0.717) is 11.4 Å². The van der Waals surface area contributed by atoms with Gasteiger partial charge < -0.3 is 14.8 Å². The Bertz CT molecular complexity index is 573. The zero-order valence-corrected chi connectivity index (χ0v) is 14.1. The molecule has 0 aliphatic rings. The number of methoxy groups -OCH3 is 1. The van der Waals surface area contributed by atoms with Crippen LogP contribution in [0.3, 0.4) is 0 Å². The number of esters is 2. The molecule has 1 atom stereocenters. The molecule has 1 aromatic rings. The fourth-order valence-corrected chi connectivity index (χ4v) is 2.08. The van der Waals surface area contributed by atoms with Gasteiger partial charge in [-0.15, -0.1) is 0 Å². The maximum atomic E-state index is 11.8. The number of carbonyl (C=O) groups is 3. The lowest BCUT2D eigenvalue weighted by atomic mass is 10.0. The van der Waals surface area contributed by atoms with E-state index in [-0.39, 0.29) is 11.5 Å². The van der Waals surface area contributed by atoms with Crippen LogP contribution in [0.25, 0.3) is 0 Å². The fraction of sp³-hybridized carbons (Fsp3) is 0.438. The number of amides is 1. The predicted molar refractivity (Wildman–Crippen MR) is 85.1 cm³/mol. The number of ether oxygens (including phenoxy) is 2. The first kappa shape index (κ1) is 19.0. The molecule has 1 rings (SSSR count). The lowest BCUT2D eigenvalue weighted by molar-refractivity contribution is -0.145. The molecular formula is C16H20ClNO5. The van der Waals surface area contributed by atoms with Gasteiger partial charge in [-0.25, -0.2) is 9.59 Å². The van der Waals surface area contributed by atoms with Gasteiger partial charge in [0, 0.05) is 5.02 Å². The molecule has 1 aromatic carbocycles. The molecule has 0 aromatic heterocycles. The summed E-state index contributed by atoms with van der Waals surface area (Å²) in [6.07, 6.45) is 0.431. The maximum absolute atomic E-state index is 11.8. The summed E-state index contributed by atoms with van der Waals surface area (Å²) in [5.41, 5.74) is 0.247. The van der Waals surface area contributed by atoms with Crippen molar-refractivity contribution in [3.63, 3.8) is 0 Å². The van der Waals surface area contributed by atoms with Crippen molar-refractivity contribution in [2.24, 2.45) is 5.92 Å². The third kappa shape index (κ3) is 6.69. The molecule has 7 heteroatoms. The molecule has 0 aliphatic heterocycles. The van der Waals surface area contributed by atoms with E-state index >= 15 is 0 Å². The molecule has 1 N–H and O–H groups in total. The number of hydrogen-bond donors (Lipinski definition) is 1. The van der Waals surface area contributed by atoms with Crippen LogP contribution in [0, 0.1) is 5.92 Å². The Labute approximate surface area is 140 Å². The molecule has 0 bridgehead atoms. The van der Waals surface area contributed by atoms with Gasteiger partial charge in [-0.1, -0.05) is 31.5 Å². The van der Waals surface area contributed by atoms with Gasteiger partial charge in [0.05, 0.1) is 12.7 Å². The van der Waals surface area contributed by atoms with Crippen LogP contribution in [-0.4, -0.2) is 37.6 Å². The maximum Gasteiger partial charge on any atom is 0.338 e. The molecule has 0 heterocycles. The van der Waals surface area contributed by atoms with Crippen molar-refractivity contribution in [3.8, 4) is 0 Å². The van der Waals surface area contributed by atoms with E-state index in [2.05, 4.69) is 10.1 Å². The number of hydrogen-bond acceptors (Lipinski definition) is 5. The van der Waals surface area contributed by atoms with Crippen LogP contribution in [-0.2, 0) is 19.1 Å². The second-order valence-electron chi connectivity index (χ2n) is 5.36. The lowest BCUT2D eigenvalue weighted by Crippen LogP contribution is -2.44. The molecule has 6 nitrogen and oxygen atoms in total. The Morgan fingerprint density at radius 2 is 1.96 bits per heavy atom. The molecule has 1 amide bonds. The van der Waals surface area contributed by atoms with E-state index in [0.717, 1.165) is 0 Å². The third-order valence-electron chi connectivity index (χ3n) is 2.92. The number of nitrogens with one attached hydrogen (secondary N) is 1. The number of halogens is 1. The first-order valence-corrected chi connectivity index (χ1v) is 7.51. The standard InChI is InChI=1S/C16H20ClNO5/c1-10(2)7-13(16(21)22-3)18-14(19)9-23-15(20)11-5-4-6-12(17)8-11/h4-6,8,10,13H,7,9H2,1-3H3,(H,18,19)/t13-/m1/s1. The average Bonchev–Trinajstić information content (AvgIpc) is 2.50. The predicted octanol–water partition coefficient (Wildman–Crippen LogP) is 2.20. The first-order valence-electron chi connectivity index (χ1n) is 7.13. The Kier molecular flexibility index (Phi) is 7.54. The van der Waals surface area contributed by atoms with Crippen LogP contribution >= 0.6 is 11.6 Å². The van der Waals surface area contributed by atoms with Gasteiger partial charge in [0.25, 0.3) is 5.91 Å². The van der Waals surface area contributed by atoms with Gasteiger partial charge in [0.2, 0.25) is 0 Å². The van der Waals surface area contributed by atoms with Crippen LogP contribution in [0.1, 0.15) is 30.6 Å². The third-order valence-corrected chi connectivity index (χ3v) is 3.16. The fourth-order valence-electron chi connectivity index (χ4n) is 1.89. The van der Waals surface area contributed by atoms with Gasteiger partial charge >= 0.3 is 11.9 Å². The SMILES string of the molecule is COC(=O)[C@@H](CC(C)C)NC(=O)COC(=O)c1cccc(Cl)c1. The largest absolute Gasteiger partial charge is 0.467 e. The van der Waals surface area contributed by atoms with Crippen molar-refractivity contribution in [3.05, 3.63) is 34.9 Å². The van der Waals surface area contributed by atoms with Crippen molar-refractivity contribution in [1.82, 2.24) is 5.32 Å². The van der Waals surface area contributed by atoms with Gasteiger partial charge in [-0.05, 0) is 30.5 Å². The molecular weight excluding hydrogens is 322 g/mol. The number of rotatable bonds is 7. The summed E-state index contributed by atoms with van der Waals surface area (Å²) < 4.78 is 9.55. The van der Waals surface area contributed by atoms with Gasteiger partial charge in [-0.3, -0.25) is 4.79 Å². The summed E-state index contributed by atoms with van der Waals surface area (Å²) in [7, 11) is 1.25. The van der Waals surface area contributed by atoms with Gasteiger partial charge in [0.15, 0.2) is 6.61 Å². The highest BCUT2D eigenvalue weighted by atomic mass is 35.5. The molecule has 126 valence electrons. The molecule has 0 unspecified atom stereocenters. The quantitative estimate of drug-likeness (QED) is 0.769. The van der Waals surface area contributed by atoms with Crippen LogP contribution in [0.4, 0.5) is 0 Å². The number of benzene rings is 1. The van der Waals surface area contributed by atoms with E-state index < -0.39 is 30.5 Å². The number of carbonyl (C=O) groups excluding carboxylic acids is 3. The van der Waals surface area contributed by atoms with Crippen molar-refractivity contribution >= 4 is 29.4 Å². The van der Waals surface area contributed by atoms with Crippen LogP contribution < -0.4 is 5.32 Å². The van der Waals surface area contributed by atoms with Crippen LogP contribution in [0.15, 0.2) is 24.3 Å². The minimum atomic E-state index is -0.766. The topological polar surface area (TPSA) is 81.7 Å². The normalized spacial score (nSPS) is 11.7. The highest BCUT2D eigenvalue weighted by molar-refractivity contribution is 6.30. The molecule has 0 spiro atoms. The molecule has 0 fully saturated rings. The zero-order valence-electron chi connectivity index (χ0n) is 13.3.